The normalized spacial score (nSPS) is 16.9. The van der Waals surface area contributed by atoms with Crippen molar-refractivity contribution in [1.82, 2.24) is 0 Å². The Morgan fingerprint density at radius 2 is 2.27 bits per heavy atom. The first-order valence-electron chi connectivity index (χ1n) is 4.51. The van der Waals surface area contributed by atoms with E-state index in [1.165, 1.54) is 0 Å². The lowest BCUT2D eigenvalue weighted by Gasteiger charge is -2.27. The van der Waals surface area contributed by atoms with Gasteiger partial charge in [0.25, 0.3) is 5.91 Å². The molecule has 0 N–H and O–H groups in total. The largest absolute Gasteiger partial charge is 0.370 e. The quantitative estimate of drug-likeness (QED) is 0.699. The van der Waals surface area contributed by atoms with Gasteiger partial charge >= 0.3 is 0 Å². The van der Waals surface area contributed by atoms with Crippen molar-refractivity contribution < 1.29 is 9.53 Å². The average molecular weight is 382 g/mol. The van der Waals surface area contributed by atoms with Gasteiger partial charge in [-0.2, -0.15) is 0 Å². The minimum atomic E-state index is 0.0252. The lowest BCUT2D eigenvalue weighted by Crippen LogP contribution is -2.42. The monoisotopic (exact) mass is 381 g/mol. The van der Waals surface area contributed by atoms with Gasteiger partial charge in [0.1, 0.15) is 6.61 Å². The summed E-state index contributed by atoms with van der Waals surface area (Å²) in [6.45, 7) is 1.42. The zero-order valence-corrected chi connectivity index (χ0v) is 11.6. The summed E-state index contributed by atoms with van der Waals surface area (Å²) in [6, 6.07) is 5.92. The van der Waals surface area contributed by atoms with Crippen LogP contribution in [0.4, 0.5) is 5.69 Å². The SMILES string of the molecule is O=C1COCCN1c1cc(Br)ccc1I. The lowest BCUT2D eigenvalue weighted by molar-refractivity contribution is -0.125. The molecule has 5 heteroatoms. The third-order valence-corrected chi connectivity index (χ3v) is 3.59. The second-order valence-electron chi connectivity index (χ2n) is 3.19. The van der Waals surface area contributed by atoms with Crippen LogP contribution in [0.25, 0.3) is 0 Å². The van der Waals surface area contributed by atoms with Gasteiger partial charge in [0.05, 0.1) is 12.3 Å². The molecule has 0 atom stereocenters. The number of nitrogens with zero attached hydrogens (tertiary/aromatic N) is 1. The molecular weight excluding hydrogens is 373 g/mol. The summed E-state index contributed by atoms with van der Waals surface area (Å²) in [6.07, 6.45) is 0. The molecule has 1 aliphatic heterocycles. The molecule has 0 spiro atoms. The number of anilines is 1. The predicted molar refractivity (Wildman–Crippen MR) is 70.0 cm³/mol. The van der Waals surface area contributed by atoms with E-state index >= 15 is 0 Å². The van der Waals surface area contributed by atoms with Gasteiger partial charge < -0.3 is 9.64 Å². The maximum atomic E-state index is 11.6. The third-order valence-electron chi connectivity index (χ3n) is 2.18. The van der Waals surface area contributed by atoms with Crippen LogP contribution in [0, 0.1) is 3.57 Å². The summed E-state index contributed by atoms with van der Waals surface area (Å²) < 4.78 is 7.16. The molecule has 1 amide bonds. The number of carbonyl (C=O) groups is 1. The fourth-order valence-corrected chi connectivity index (χ4v) is 2.44. The highest BCUT2D eigenvalue weighted by molar-refractivity contribution is 14.1. The van der Waals surface area contributed by atoms with Crippen molar-refractivity contribution in [2.45, 2.75) is 0 Å². The number of halogens is 2. The van der Waals surface area contributed by atoms with Crippen LogP contribution in [0.2, 0.25) is 0 Å². The molecule has 1 heterocycles. The molecule has 0 aromatic heterocycles. The van der Waals surface area contributed by atoms with E-state index in [0.29, 0.717) is 13.2 Å². The molecule has 2 rings (SSSR count). The zero-order chi connectivity index (χ0) is 10.8. The van der Waals surface area contributed by atoms with Crippen molar-refractivity contribution >= 4 is 50.1 Å². The van der Waals surface area contributed by atoms with E-state index in [4.69, 9.17) is 4.74 Å². The Balaban J connectivity index is 2.34. The van der Waals surface area contributed by atoms with Crippen LogP contribution in [0.1, 0.15) is 0 Å². The highest BCUT2D eigenvalue weighted by Gasteiger charge is 2.21. The van der Waals surface area contributed by atoms with E-state index < -0.39 is 0 Å². The van der Waals surface area contributed by atoms with Gasteiger partial charge in [0.2, 0.25) is 0 Å². The molecule has 1 aliphatic rings. The molecule has 0 saturated carbocycles. The van der Waals surface area contributed by atoms with E-state index in [2.05, 4.69) is 38.5 Å². The first kappa shape index (κ1) is 11.3. The summed E-state index contributed by atoms with van der Waals surface area (Å²) in [5, 5.41) is 0. The molecule has 0 aliphatic carbocycles. The number of morpholine rings is 1. The second-order valence-corrected chi connectivity index (χ2v) is 5.27. The zero-order valence-electron chi connectivity index (χ0n) is 7.87. The number of amides is 1. The molecule has 0 bridgehead atoms. The molecule has 1 saturated heterocycles. The Bertz CT molecular complexity index is 397. The molecule has 0 unspecified atom stereocenters. The average Bonchev–Trinajstić information content (AvgIpc) is 2.23. The Kier molecular flexibility index (Phi) is 3.63. The molecule has 15 heavy (non-hydrogen) atoms. The predicted octanol–water partition coefficient (Wildman–Crippen LogP) is 2.42. The molecule has 80 valence electrons. The van der Waals surface area contributed by atoms with Gasteiger partial charge in [-0.3, -0.25) is 4.79 Å². The summed E-state index contributed by atoms with van der Waals surface area (Å²) in [7, 11) is 0. The number of hydrogen-bond acceptors (Lipinski definition) is 2. The topological polar surface area (TPSA) is 29.5 Å². The van der Waals surface area contributed by atoms with Crippen LogP contribution < -0.4 is 4.90 Å². The molecule has 1 aromatic rings. The van der Waals surface area contributed by atoms with Crippen molar-refractivity contribution in [2.75, 3.05) is 24.7 Å². The Hall–Kier alpha value is -0.140. The number of rotatable bonds is 1. The molecule has 1 aromatic carbocycles. The minimum Gasteiger partial charge on any atom is -0.370 e. The third kappa shape index (κ3) is 2.51. The number of benzene rings is 1. The number of hydrogen-bond donors (Lipinski definition) is 0. The fraction of sp³-hybridized carbons (Fsp3) is 0.300. The Morgan fingerprint density at radius 1 is 1.47 bits per heavy atom. The van der Waals surface area contributed by atoms with Gasteiger partial charge in [0.15, 0.2) is 0 Å². The van der Waals surface area contributed by atoms with Crippen LogP contribution in [0.5, 0.6) is 0 Å². The van der Waals surface area contributed by atoms with E-state index in [1.54, 1.807) is 4.90 Å². The van der Waals surface area contributed by atoms with Crippen molar-refractivity contribution in [1.29, 1.82) is 0 Å². The molecular formula is C10H9BrINO2. The lowest BCUT2D eigenvalue weighted by atomic mass is 10.2. The van der Waals surface area contributed by atoms with Gasteiger partial charge in [0, 0.05) is 14.6 Å². The first-order chi connectivity index (χ1) is 7.18. The van der Waals surface area contributed by atoms with Crippen molar-refractivity contribution in [3.05, 3.63) is 26.2 Å². The number of carbonyl (C=O) groups excluding carboxylic acids is 1. The molecule has 1 fully saturated rings. The maximum Gasteiger partial charge on any atom is 0.253 e. The van der Waals surface area contributed by atoms with Crippen molar-refractivity contribution in [3.8, 4) is 0 Å². The highest BCUT2D eigenvalue weighted by Crippen LogP contribution is 2.27. The van der Waals surface area contributed by atoms with Gasteiger partial charge in [-0.1, -0.05) is 15.9 Å². The van der Waals surface area contributed by atoms with Crippen molar-refractivity contribution in [2.24, 2.45) is 0 Å². The van der Waals surface area contributed by atoms with E-state index in [-0.39, 0.29) is 12.5 Å². The van der Waals surface area contributed by atoms with Crippen LogP contribution in [0.3, 0.4) is 0 Å². The first-order valence-corrected chi connectivity index (χ1v) is 6.39. The smallest absolute Gasteiger partial charge is 0.253 e. The Morgan fingerprint density at radius 3 is 3.00 bits per heavy atom. The van der Waals surface area contributed by atoms with Gasteiger partial charge in [-0.15, -0.1) is 0 Å². The molecule has 0 radical (unpaired) electrons. The van der Waals surface area contributed by atoms with Crippen LogP contribution in [-0.2, 0) is 9.53 Å². The highest BCUT2D eigenvalue weighted by atomic mass is 127. The minimum absolute atomic E-state index is 0.0252. The van der Waals surface area contributed by atoms with Crippen LogP contribution in [-0.4, -0.2) is 25.7 Å². The van der Waals surface area contributed by atoms with Crippen LogP contribution in [0.15, 0.2) is 22.7 Å². The Labute approximate surface area is 110 Å². The molecule has 3 nitrogen and oxygen atoms in total. The van der Waals surface area contributed by atoms with Crippen molar-refractivity contribution in [3.63, 3.8) is 0 Å². The van der Waals surface area contributed by atoms with E-state index in [9.17, 15) is 4.79 Å². The summed E-state index contributed by atoms with van der Waals surface area (Å²) in [4.78, 5) is 13.4. The maximum absolute atomic E-state index is 11.6. The fourth-order valence-electron chi connectivity index (χ4n) is 1.47. The van der Waals surface area contributed by atoms with E-state index in [0.717, 1.165) is 13.7 Å². The number of ether oxygens (including phenoxy) is 1. The summed E-state index contributed by atoms with van der Waals surface area (Å²) in [5.74, 6) is 0.0252. The second kappa shape index (κ2) is 4.80. The van der Waals surface area contributed by atoms with Crippen LogP contribution >= 0.6 is 38.5 Å². The van der Waals surface area contributed by atoms with Gasteiger partial charge in [-0.05, 0) is 40.8 Å². The standard InChI is InChI=1S/C10H9BrINO2/c11-7-1-2-8(12)9(5-7)13-3-4-15-6-10(13)14/h1-2,5H,3-4,6H2. The van der Waals surface area contributed by atoms with E-state index in [1.807, 2.05) is 18.2 Å². The van der Waals surface area contributed by atoms with Gasteiger partial charge in [-0.25, -0.2) is 0 Å². The summed E-state index contributed by atoms with van der Waals surface area (Å²) in [5.41, 5.74) is 0.957. The summed E-state index contributed by atoms with van der Waals surface area (Å²) >= 11 is 5.64.